The molecule has 0 rings (SSSR count). The molecule has 1 atom stereocenters. The molecule has 0 aliphatic rings. The number of esters is 3. The lowest BCUT2D eigenvalue weighted by Crippen LogP contribution is -2.30. The van der Waals surface area contributed by atoms with E-state index in [2.05, 4.69) is 130 Å². The number of carbonyl (C=O) groups is 3. The van der Waals surface area contributed by atoms with E-state index in [-0.39, 0.29) is 31.1 Å². The van der Waals surface area contributed by atoms with E-state index in [1.807, 2.05) is 0 Å². The Morgan fingerprint density at radius 1 is 0.284 bits per heavy atom. The molecule has 0 bridgehead atoms. The van der Waals surface area contributed by atoms with Crippen molar-refractivity contribution in [1.82, 2.24) is 0 Å². The average Bonchev–Trinajstić information content (AvgIpc) is 3.40. The minimum atomic E-state index is -0.797. The highest BCUT2D eigenvalue weighted by molar-refractivity contribution is 5.71. The van der Waals surface area contributed by atoms with Gasteiger partial charge in [-0.15, -0.1) is 0 Å². The zero-order valence-corrected chi connectivity index (χ0v) is 48.3. The largest absolute Gasteiger partial charge is 0.462 e. The van der Waals surface area contributed by atoms with Crippen LogP contribution in [0.15, 0.2) is 109 Å². The number of allylic oxidation sites excluding steroid dienone is 18. The van der Waals surface area contributed by atoms with Gasteiger partial charge in [-0.05, 0) is 122 Å². The number of ether oxygens (including phenoxy) is 3. The molecule has 0 radical (unpaired) electrons. The number of rotatable bonds is 55. The Bertz CT molecular complexity index is 1510. The molecule has 1 unspecified atom stereocenters. The molecule has 6 nitrogen and oxygen atoms in total. The maximum absolute atomic E-state index is 12.9. The summed E-state index contributed by atoms with van der Waals surface area (Å²) in [5, 5.41) is 0. The maximum atomic E-state index is 12.9. The van der Waals surface area contributed by atoms with Crippen LogP contribution in [0, 0.1) is 0 Å². The lowest BCUT2D eigenvalue weighted by molar-refractivity contribution is -0.167. The van der Waals surface area contributed by atoms with E-state index in [1.54, 1.807) is 0 Å². The van der Waals surface area contributed by atoms with Crippen molar-refractivity contribution in [2.45, 2.75) is 290 Å². The van der Waals surface area contributed by atoms with Crippen molar-refractivity contribution < 1.29 is 28.6 Å². The highest BCUT2D eigenvalue weighted by Crippen LogP contribution is 2.15. The zero-order valence-electron chi connectivity index (χ0n) is 48.3. The van der Waals surface area contributed by atoms with Gasteiger partial charge in [-0.2, -0.15) is 0 Å². The van der Waals surface area contributed by atoms with Gasteiger partial charge in [0.15, 0.2) is 6.10 Å². The first-order valence-corrected chi connectivity index (χ1v) is 30.9. The van der Waals surface area contributed by atoms with Gasteiger partial charge in [0.05, 0.1) is 0 Å². The number of unbranched alkanes of at least 4 members (excludes halogenated alkanes) is 26. The Morgan fingerprint density at radius 3 is 0.838 bits per heavy atom. The molecule has 0 aromatic heterocycles. The lowest BCUT2D eigenvalue weighted by atomic mass is 10.0. The smallest absolute Gasteiger partial charge is 0.306 e. The minimum Gasteiger partial charge on any atom is -0.462 e. The molecule has 0 heterocycles. The fraction of sp³-hybridized carbons (Fsp3) is 0.691. The fourth-order valence-corrected chi connectivity index (χ4v) is 8.42. The molecule has 0 spiro atoms. The SMILES string of the molecule is CC/C=C\C/C=C\C/C=C\C/C=C\CCCCCCCCCCCCCCC(=O)OCC(COC(=O)CCCCC/C=C\C/C=C\C/C=C\CC)OC(=O)CCCCCCCCC/C=C\C/C=C\CCCCCC. The number of hydrogen-bond donors (Lipinski definition) is 0. The standard InChI is InChI=1S/C68H114O6/c1-4-7-10-13-16-19-22-25-27-29-31-32-33-34-35-36-37-39-40-43-46-49-52-55-58-61-67(70)73-64-65(63-72-66(69)60-57-54-51-48-45-42-24-21-18-15-12-9-6-3)74-68(71)62-59-56-53-50-47-44-41-38-30-28-26-23-20-17-14-11-8-5-2/h7,9-10,12,16,18-21,23,25,27-28,30-32,42,45,65H,4-6,8,11,13-15,17,22,24,26,29,33-41,43-44,46-64H2,1-3H3/b10-7-,12-9-,19-16-,21-18-,23-20-,27-25-,30-28-,32-31-,45-42-. The van der Waals surface area contributed by atoms with Crippen molar-refractivity contribution in [3.8, 4) is 0 Å². The van der Waals surface area contributed by atoms with E-state index in [0.29, 0.717) is 19.3 Å². The molecule has 0 aliphatic carbocycles. The van der Waals surface area contributed by atoms with Crippen molar-refractivity contribution in [3.63, 3.8) is 0 Å². The third-order valence-electron chi connectivity index (χ3n) is 13.0. The van der Waals surface area contributed by atoms with Gasteiger partial charge in [0.2, 0.25) is 0 Å². The van der Waals surface area contributed by atoms with Crippen LogP contribution in [0.3, 0.4) is 0 Å². The topological polar surface area (TPSA) is 78.9 Å². The Balaban J connectivity index is 4.34. The van der Waals surface area contributed by atoms with Crippen molar-refractivity contribution in [1.29, 1.82) is 0 Å². The lowest BCUT2D eigenvalue weighted by Gasteiger charge is -2.18. The second kappa shape index (κ2) is 61.6. The van der Waals surface area contributed by atoms with Crippen LogP contribution in [-0.4, -0.2) is 37.2 Å². The van der Waals surface area contributed by atoms with Gasteiger partial charge in [0.1, 0.15) is 13.2 Å². The first kappa shape index (κ1) is 70.1. The molecule has 0 N–H and O–H groups in total. The molecule has 422 valence electrons. The minimum absolute atomic E-state index is 0.0921. The monoisotopic (exact) mass is 1030 g/mol. The van der Waals surface area contributed by atoms with Gasteiger partial charge < -0.3 is 14.2 Å². The molecule has 0 saturated heterocycles. The van der Waals surface area contributed by atoms with Crippen molar-refractivity contribution in [2.24, 2.45) is 0 Å². The summed E-state index contributed by atoms with van der Waals surface area (Å²) in [5.41, 5.74) is 0. The van der Waals surface area contributed by atoms with E-state index < -0.39 is 6.10 Å². The Labute approximate surface area is 457 Å². The third-order valence-corrected chi connectivity index (χ3v) is 13.0. The van der Waals surface area contributed by atoms with Crippen LogP contribution < -0.4 is 0 Å². The second-order valence-electron chi connectivity index (χ2n) is 20.2. The quantitative estimate of drug-likeness (QED) is 0.0261. The van der Waals surface area contributed by atoms with Crippen molar-refractivity contribution >= 4 is 17.9 Å². The van der Waals surface area contributed by atoms with Crippen LogP contribution in [0.5, 0.6) is 0 Å². The van der Waals surface area contributed by atoms with Crippen LogP contribution in [0.4, 0.5) is 0 Å². The summed E-state index contributed by atoms with van der Waals surface area (Å²) < 4.78 is 16.9. The predicted molar refractivity (Wildman–Crippen MR) is 320 cm³/mol. The van der Waals surface area contributed by atoms with Gasteiger partial charge in [-0.25, -0.2) is 0 Å². The van der Waals surface area contributed by atoms with Gasteiger partial charge in [0.25, 0.3) is 0 Å². The van der Waals surface area contributed by atoms with Crippen LogP contribution in [0.25, 0.3) is 0 Å². The summed E-state index contributed by atoms with van der Waals surface area (Å²) in [6, 6.07) is 0. The Hall–Kier alpha value is -3.93. The second-order valence-corrected chi connectivity index (χ2v) is 20.2. The Kier molecular flexibility index (Phi) is 58.3. The number of hydrogen-bond acceptors (Lipinski definition) is 6. The van der Waals surface area contributed by atoms with E-state index in [1.165, 1.54) is 122 Å². The molecule has 0 aromatic rings. The molecule has 74 heavy (non-hydrogen) atoms. The summed E-state index contributed by atoms with van der Waals surface area (Å²) in [4.78, 5) is 38.2. The highest BCUT2D eigenvalue weighted by atomic mass is 16.6. The summed E-state index contributed by atoms with van der Waals surface area (Å²) >= 11 is 0. The van der Waals surface area contributed by atoms with Crippen molar-refractivity contribution in [2.75, 3.05) is 13.2 Å². The molecular weight excluding hydrogens is 913 g/mol. The summed E-state index contributed by atoms with van der Waals surface area (Å²) in [6.07, 6.45) is 83.8. The molecule has 0 fully saturated rings. The number of carbonyl (C=O) groups excluding carboxylic acids is 3. The first-order valence-electron chi connectivity index (χ1n) is 30.9. The molecule has 0 saturated carbocycles. The normalized spacial score (nSPS) is 12.9. The summed E-state index contributed by atoms with van der Waals surface area (Å²) in [6.45, 7) is 6.38. The molecule has 0 aromatic carbocycles. The Morgan fingerprint density at radius 2 is 0.527 bits per heavy atom. The van der Waals surface area contributed by atoms with Gasteiger partial charge in [-0.1, -0.05) is 252 Å². The zero-order chi connectivity index (χ0) is 53.6. The van der Waals surface area contributed by atoms with Crippen LogP contribution >= 0.6 is 0 Å². The molecule has 6 heteroatoms. The van der Waals surface area contributed by atoms with E-state index in [4.69, 9.17) is 14.2 Å². The van der Waals surface area contributed by atoms with Crippen LogP contribution in [0.2, 0.25) is 0 Å². The first-order chi connectivity index (χ1) is 36.5. The fourth-order valence-electron chi connectivity index (χ4n) is 8.42. The van der Waals surface area contributed by atoms with Gasteiger partial charge >= 0.3 is 17.9 Å². The maximum Gasteiger partial charge on any atom is 0.306 e. The predicted octanol–water partition coefficient (Wildman–Crippen LogP) is 21.0. The van der Waals surface area contributed by atoms with E-state index in [0.717, 1.165) is 122 Å². The molecule has 0 amide bonds. The third kappa shape index (κ3) is 59.0. The summed E-state index contributed by atoms with van der Waals surface area (Å²) in [5.74, 6) is -0.927. The van der Waals surface area contributed by atoms with E-state index >= 15 is 0 Å². The average molecular weight is 1030 g/mol. The van der Waals surface area contributed by atoms with Gasteiger partial charge in [-0.3, -0.25) is 14.4 Å². The molecule has 0 aliphatic heterocycles. The summed E-state index contributed by atoms with van der Waals surface area (Å²) in [7, 11) is 0. The van der Waals surface area contributed by atoms with Crippen molar-refractivity contribution in [3.05, 3.63) is 109 Å². The van der Waals surface area contributed by atoms with Crippen LogP contribution in [0.1, 0.15) is 284 Å². The van der Waals surface area contributed by atoms with E-state index in [9.17, 15) is 14.4 Å². The van der Waals surface area contributed by atoms with Crippen LogP contribution in [-0.2, 0) is 28.6 Å². The highest BCUT2D eigenvalue weighted by Gasteiger charge is 2.19. The van der Waals surface area contributed by atoms with Gasteiger partial charge in [0, 0.05) is 19.3 Å². The molecular formula is C68H114O6.